The molecule has 0 spiro atoms. The first-order valence-electron chi connectivity index (χ1n) is 8.75. The molecule has 3 aromatic carbocycles. The third-order valence-electron chi connectivity index (χ3n) is 4.31. The predicted octanol–water partition coefficient (Wildman–Crippen LogP) is 4.07. The first-order valence-corrected chi connectivity index (χ1v) is 8.75. The van der Waals surface area contributed by atoms with Crippen LogP contribution in [0.5, 0.6) is 5.75 Å². The van der Waals surface area contributed by atoms with E-state index in [2.05, 4.69) is 15.5 Å². The van der Waals surface area contributed by atoms with Gasteiger partial charge >= 0.3 is 0 Å². The Morgan fingerprint density at radius 2 is 1.78 bits per heavy atom. The van der Waals surface area contributed by atoms with Crippen LogP contribution in [0.4, 0.5) is 0 Å². The summed E-state index contributed by atoms with van der Waals surface area (Å²) in [5.41, 5.74) is 3.42. The summed E-state index contributed by atoms with van der Waals surface area (Å²) < 4.78 is 5.78. The third kappa shape index (κ3) is 3.98. The average molecular weight is 357 g/mol. The van der Waals surface area contributed by atoms with Crippen LogP contribution < -0.4 is 10.1 Å². The molecule has 0 atom stereocenters. The molecule has 1 aromatic heterocycles. The van der Waals surface area contributed by atoms with Gasteiger partial charge in [0, 0.05) is 11.9 Å². The second-order valence-electron chi connectivity index (χ2n) is 6.24. The number of ether oxygens (including phenoxy) is 1. The summed E-state index contributed by atoms with van der Waals surface area (Å²) in [6.07, 6.45) is 1.71. The number of carbonyl (C=O) groups is 1. The van der Waals surface area contributed by atoms with Crippen molar-refractivity contribution in [1.82, 2.24) is 15.5 Å². The SMILES string of the molecule is O=C(NCc1cccc(COc2ccccc2)c1)c1cccc2cn[nH]c12. The van der Waals surface area contributed by atoms with Gasteiger partial charge in [0.25, 0.3) is 5.91 Å². The highest BCUT2D eigenvalue weighted by Gasteiger charge is 2.11. The van der Waals surface area contributed by atoms with E-state index in [4.69, 9.17) is 4.74 Å². The normalized spacial score (nSPS) is 10.7. The Morgan fingerprint density at radius 1 is 0.963 bits per heavy atom. The zero-order chi connectivity index (χ0) is 18.5. The zero-order valence-electron chi connectivity index (χ0n) is 14.7. The number of amides is 1. The lowest BCUT2D eigenvalue weighted by atomic mass is 10.1. The van der Waals surface area contributed by atoms with Crippen molar-refractivity contribution in [1.29, 1.82) is 0 Å². The van der Waals surface area contributed by atoms with E-state index < -0.39 is 0 Å². The van der Waals surface area contributed by atoms with Gasteiger partial charge < -0.3 is 10.1 Å². The van der Waals surface area contributed by atoms with E-state index in [0.29, 0.717) is 18.7 Å². The molecule has 4 rings (SSSR count). The van der Waals surface area contributed by atoms with Crippen LogP contribution in [0.25, 0.3) is 10.9 Å². The minimum atomic E-state index is -0.129. The second-order valence-corrected chi connectivity index (χ2v) is 6.24. The summed E-state index contributed by atoms with van der Waals surface area (Å²) in [6.45, 7) is 0.932. The molecule has 4 aromatic rings. The van der Waals surface area contributed by atoms with E-state index in [9.17, 15) is 4.79 Å². The molecular formula is C22H19N3O2. The zero-order valence-corrected chi connectivity index (χ0v) is 14.7. The van der Waals surface area contributed by atoms with Gasteiger partial charge in [-0.15, -0.1) is 0 Å². The quantitative estimate of drug-likeness (QED) is 0.547. The predicted molar refractivity (Wildman–Crippen MR) is 104 cm³/mol. The van der Waals surface area contributed by atoms with Gasteiger partial charge in [0.2, 0.25) is 0 Å². The molecule has 134 valence electrons. The van der Waals surface area contributed by atoms with Crippen LogP contribution in [0.15, 0.2) is 79.0 Å². The van der Waals surface area contributed by atoms with Gasteiger partial charge in [-0.1, -0.05) is 54.6 Å². The highest BCUT2D eigenvalue weighted by molar-refractivity contribution is 6.05. The second kappa shape index (κ2) is 7.74. The molecule has 0 radical (unpaired) electrons. The number of aromatic nitrogens is 2. The fourth-order valence-electron chi connectivity index (χ4n) is 2.95. The lowest BCUT2D eigenvalue weighted by Crippen LogP contribution is -2.23. The van der Waals surface area contributed by atoms with Crippen LogP contribution in [-0.2, 0) is 13.2 Å². The van der Waals surface area contributed by atoms with Gasteiger partial charge in [-0.3, -0.25) is 9.89 Å². The summed E-state index contributed by atoms with van der Waals surface area (Å²) in [4.78, 5) is 12.5. The van der Waals surface area contributed by atoms with E-state index in [1.807, 2.05) is 66.7 Å². The fourth-order valence-corrected chi connectivity index (χ4v) is 2.95. The molecular weight excluding hydrogens is 338 g/mol. The molecule has 0 bridgehead atoms. The van der Waals surface area contributed by atoms with Gasteiger partial charge in [-0.25, -0.2) is 0 Å². The minimum Gasteiger partial charge on any atom is -0.489 e. The highest BCUT2D eigenvalue weighted by Crippen LogP contribution is 2.16. The monoisotopic (exact) mass is 357 g/mol. The van der Waals surface area contributed by atoms with Crippen LogP contribution in [0.2, 0.25) is 0 Å². The molecule has 0 saturated heterocycles. The molecule has 0 aliphatic rings. The number of para-hydroxylation sites is 2. The van der Waals surface area contributed by atoms with Crippen molar-refractivity contribution in [2.45, 2.75) is 13.2 Å². The lowest BCUT2D eigenvalue weighted by Gasteiger charge is -2.09. The maximum absolute atomic E-state index is 12.5. The molecule has 1 heterocycles. The average Bonchev–Trinajstić information content (AvgIpc) is 3.20. The first kappa shape index (κ1) is 16.8. The molecule has 0 aliphatic carbocycles. The van der Waals surface area contributed by atoms with E-state index in [-0.39, 0.29) is 5.91 Å². The molecule has 0 fully saturated rings. The lowest BCUT2D eigenvalue weighted by molar-refractivity contribution is 0.0952. The molecule has 5 heteroatoms. The van der Waals surface area contributed by atoms with Gasteiger partial charge in [0.15, 0.2) is 0 Å². The summed E-state index contributed by atoms with van der Waals surface area (Å²) >= 11 is 0. The Balaban J connectivity index is 1.39. The molecule has 0 saturated carbocycles. The first-order chi connectivity index (χ1) is 13.3. The van der Waals surface area contributed by atoms with Crippen molar-refractivity contribution in [2.75, 3.05) is 0 Å². The maximum atomic E-state index is 12.5. The number of rotatable bonds is 6. The number of hydrogen-bond donors (Lipinski definition) is 2. The summed E-state index contributed by atoms with van der Waals surface area (Å²) in [7, 11) is 0. The molecule has 2 N–H and O–H groups in total. The van der Waals surface area contributed by atoms with Gasteiger partial charge in [0.1, 0.15) is 12.4 Å². The number of aromatic amines is 1. The summed E-state index contributed by atoms with van der Waals surface area (Å²) in [5, 5.41) is 10.8. The van der Waals surface area contributed by atoms with E-state index >= 15 is 0 Å². The Bertz CT molecular complexity index is 1060. The van der Waals surface area contributed by atoms with Crippen molar-refractivity contribution < 1.29 is 9.53 Å². The van der Waals surface area contributed by atoms with Crippen LogP contribution in [0, 0.1) is 0 Å². The fraction of sp³-hybridized carbons (Fsp3) is 0.0909. The molecule has 0 unspecified atom stereocenters. The number of nitrogens with zero attached hydrogens (tertiary/aromatic N) is 1. The standard InChI is InChI=1S/C22H19N3O2/c26-22(20-11-5-8-18-14-24-25-21(18)20)23-13-16-6-4-7-17(12-16)15-27-19-9-2-1-3-10-19/h1-12,14H,13,15H2,(H,23,26)(H,24,25). The van der Waals surface area contributed by atoms with Gasteiger partial charge in [-0.2, -0.15) is 5.10 Å². The molecule has 27 heavy (non-hydrogen) atoms. The number of benzene rings is 3. The molecule has 5 nitrogen and oxygen atoms in total. The Labute approximate surface area is 157 Å². The smallest absolute Gasteiger partial charge is 0.253 e. The van der Waals surface area contributed by atoms with Crippen molar-refractivity contribution >= 4 is 16.8 Å². The van der Waals surface area contributed by atoms with Crippen molar-refractivity contribution in [3.05, 3.63) is 95.7 Å². The largest absolute Gasteiger partial charge is 0.489 e. The van der Waals surface area contributed by atoms with E-state index in [0.717, 1.165) is 27.8 Å². The Kier molecular flexibility index (Phi) is 4.83. The minimum absolute atomic E-state index is 0.129. The van der Waals surface area contributed by atoms with Crippen LogP contribution in [-0.4, -0.2) is 16.1 Å². The van der Waals surface area contributed by atoms with Crippen LogP contribution >= 0.6 is 0 Å². The number of carbonyl (C=O) groups excluding carboxylic acids is 1. The van der Waals surface area contributed by atoms with E-state index in [1.54, 1.807) is 12.3 Å². The summed E-state index contributed by atoms with van der Waals surface area (Å²) in [6, 6.07) is 23.3. The van der Waals surface area contributed by atoms with Crippen molar-refractivity contribution in [3.8, 4) is 5.75 Å². The highest BCUT2D eigenvalue weighted by atomic mass is 16.5. The van der Waals surface area contributed by atoms with Crippen LogP contribution in [0.1, 0.15) is 21.5 Å². The Hall–Kier alpha value is -3.60. The number of fused-ring (bicyclic) bond motifs is 1. The summed E-state index contributed by atoms with van der Waals surface area (Å²) in [5.74, 6) is 0.708. The van der Waals surface area contributed by atoms with Crippen LogP contribution in [0.3, 0.4) is 0 Å². The number of hydrogen-bond acceptors (Lipinski definition) is 3. The van der Waals surface area contributed by atoms with Crippen molar-refractivity contribution in [2.24, 2.45) is 0 Å². The van der Waals surface area contributed by atoms with Crippen molar-refractivity contribution in [3.63, 3.8) is 0 Å². The number of H-pyrrole nitrogens is 1. The molecule has 0 aliphatic heterocycles. The van der Waals surface area contributed by atoms with Gasteiger partial charge in [-0.05, 0) is 29.3 Å². The molecule has 1 amide bonds. The maximum Gasteiger partial charge on any atom is 0.253 e. The topological polar surface area (TPSA) is 67.0 Å². The third-order valence-corrected chi connectivity index (χ3v) is 4.31. The Morgan fingerprint density at radius 3 is 2.67 bits per heavy atom. The van der Waals surface area contributed by atoms with E-state index in [1.165, 1.54) is 0 Å². The van der Waals surface area contributed by atoms with Gasteiger partial charge in [0.05, 0.1) is 17.3 Å². The number of nitrogens with one attached hydrogen (secondary N) is 2.